The van der Waals surface area contributed by atoms with E-state index in [1.807, 2.05) is 6.92 Å². The van der Waals surface area contributed by atoms with E-state index in [1.165, 1.54) is 22.2 Å². The predicted octanol–water partition coefficient (Wildman–Crippen LogP) is 1.16. The Bertz CT molecular complexity index is 750. The Morgan fingerprint density at radius 2 is 2.18 bits per heavy atom. The summed E-state index contributed by atoms with van der Waals surface area (Å²) in [5, 5.41) is 4.45. The van der Waals surface area contributed by atoms with Gasteiger partial charge in [0.1, 0.15) is 11.4 Å². The summed E-state index contributed by atoms with van der Waals surface area (Å²) in [6, 6.07) is 0. The second kappa shape index (κ2) is 7.17. The SMILES string of the molecule is CCCNC(=O)Cn1cnc2scc(C(=O)OCC)c2c1=O. The van der Waals surface area contributed by atoms with Gasteiger partial charge in [0.05, 0.1) is 23.9 Å². The highest BCUT2D eigenvalue weighted by molar-refractivity contribution is 7.17. The van der Waals surface area contributed by atoms with Crippen LogP contribution in [0.1, 0.15) is 30.6 Å². The van der Waals surface area contributed by atoms with Crippen molar-refractivity contribution in [1.82, 2.24) is 14.9 Å². The number of nitrogens with zero attached hydrogens (tertiary/aromatic N) is 2. The number of amides is 1. The highest BCUT2D eigenvalue weighted by atomic mass is 32.1. The van der Waals surface area contributed by atoms with E-state index in [1.54, 1.807) is 12.3 Å². The fourth-order valence-corrected chi connectivity index (χ4v) is 2.78. The van der Waals surface area contributed by atoms with Crippen LogP contribution < -0.4 is 10.9 Å². The minimum Gasteiger partial charge on any atom is -0.462 e. The van der Waals surface area contributed by atoms with Crippen molar-refractivity contribution in [1.29, 1.82) is 0 Å². The third-order valence-electron chi connectivity index (χ3n) is 2.94. The van der Waals surface area contributed by atoms with Gasteiger partial charge in [0.25, 0.3) is 5.56 Å². The molecule has 0 spiro atoms. The monoisotopic (exact) mass is 323 g/mol. The molecule has 0 aliphatic rings. The molecule has 0 bridgehead atoms. The first-order valence-corrected chi connectivity index (χ1v) is 7.86. The zero-order valence-electron chi connectivity index (χ0n) is 12.4. The van der Waals surface area contributed by atoms with E-state index in [4.69, 9.17) is 4.74 Å². The second-order valence-corrected chi connectivity index (χ2v) is 5.44. The highest BCUT2D eigenvalue weighted by Gasteiger charge is 2.18. The van der Waals surface area contributed by atoms with E-state index in [0.717, 1.165) is 6.42 Å². The van der Waals surface area contributed by atoms with E-state index in [9.17, 15) is 14.4 Å². The first-order chi connectivity index (χ1) is 10.6. The number of fused-ring (bicyclic) bond motifs is 1. The number of hydrogen-bond donors (Lipinski definition) is 1. The summed E-state index contributed by atoms with van der Waals surface area (Å²) in [5.41, 5.74) is -0.219. The summed E-state index contributed by atoms with van der Waals surface area (Å²) in [6.45, 7) is 4.29. The van der Waals surface area contributed by atoms with Crippen molar-refractivity contribution in [3.63, 3.8) is 0 Å². The van der Waals surface area contributed by atoms with Crippen molar-refractivity contribution in [2.45, 2.75) is 26.8 Å². The lowest BCUT2D eigenvalue weighted by Crippen LogP contribution is -2.33. The summed E-state index contributed by atoms with van der Waals surface area (Å²) in [4.78, 5) is 40.7. The van der Waals surface area contributed by atoms with Crippen LogP contribution in [0.25, 0.3) is 10.2 Å². The van der Waals surface area contributed by atoms with Gasteiger partial charge in [0.2, 0.25) is 5.91 Å². The molecule has 0 radical (unpaired) electrons. The highest BCUT2D eigenvalue weighted by Crippen LogP contribution is 2.21. The molecule has 0 saturated carbocycles. The molecule has 0 aromatic carbocycles. The van der Waals surface area contributed by atoms with Crippen LogP contribution in [0.5, 0.6) is 0 Å². The minimum absolute atomic E-state index is 0.125. The number of aromatic nitrogens is 2. The molecule has 0 unspecified atom stereocenters. The van der Waals surface area contributed by atoms with Crippen molar-refractivity contribution < 1.29 is 14.3 Å². The maximum Gasteiger partial charge on any atom is 0.339 e. The number of ether oxygens (including phenoxy) is 1. The number of thiophene rings is 1. The number of nitrogens with one attached hydrogen (secondary N) is 1. The maximum absolute atomic E-state index is 12.5. The van der Waals surface area contributed by atoms with Crippen LogP contribution in [0, 0.1) is 0 Å². The van der Waals surface area contributed by atoms with Crippen LogP contribution in [0.3, 0.4) is 0 Å². The van der Waals surface area contributed by atoms with Crippen LogP contribution in [0.2, 0.25) is 0 Å². The average molecular weight is 323 g/mol. The largest absolute Gasteiger partial charge is 0.462 e. The van der Waals surface area contributed by atoms with E-state index >= 15 is 0 Å². The van der Waals surface area contributed by atoms with Gasteiger partial charge in [0.15, 0.2) is 0 Å². The van der Waals surface area contributed by atoms with Crippen LogP contribution in [-0.2, 0) is 16.1 Å². The van der Waals surface area contributed by atoms with Crippen molar-refractivity contribution in [3.8, 4) is 0 Å². The Labute approximate surface area is 130 Å². The summed E-state index contributed by atoms with van der Waals surface area (Å²) in [6.07, 6.45) is 2.14. The quantitative estimate of drug-likeness (QED) is 0.806. The van der Waals surface area contributed by atoms with Gasteiger partial charge in [-0.1, -0.05) is 6.92 Å². The standard InChI is InChI=1S/C14H17N3O4S/c1-3-5-15-10(18)6-17-8-16-12-11(13(17)19)9(7-22-12)14(20)21-4-2/h7-8H,3-6H2,1-2H3,(H,15,18). The first kappa shape index (κ1) is 16.2. The summed E-state index contributed by atoms with van der Waals surface area (Å²) < 4.78 is 6.13. The van der Waals surface area contributed by atoms with E-state index in [0.29, 0.717) is 11.4 Å². The molecule has 2 heterocycles. The minimum atomic E-state index is -0.555. The number of esters is 1. The molecule has 2 aromatic rings. The molecule has 0 aliphatic heterocycles. The van der Waals surface area contributed by atoms with Crippen LogP contribution in [0.4, 0.5) is 0 Å². The number of rotatable bonds is 6. The molecule has 22 heavy (non-hydrogen) atoms. The molecular formula is C14H17N3O4S. The van der Waals surface area contributed by atoms with Gasteiger partial charge in [0, 0.05) is 11.9 Å². The molecule has 2 aromatic heterocycles. The number of carbonyl (C=O) groups is 2. The smallest absolute Gasteiger partial charge is 0.339 e. The first-order valence-electron chi connectivity index (χ1n) is 6.98. The Morgan fingerprint density at radius 1 is 1.41 bits per heavy atom. The van der Waals surface area contributed by atoms with Crippen molar-refractivity contribution in [2.75, 3.05) is 13.2 Å². The molecule has 0 fully saturated rings. The second-order valence-electron chi connectivity index (χ2n) is 4.58. The third-order valence-corrected chi connectivity index (χ3v) is 3.83. The van der Waals surface area contributed by atoms with Gasteiger partial charge in [-0.3, -0.25) is 14.2 Å². The lowest BCUT2D eigenvalue weighted by molar-refractivity contribution is -0.121. The molecule has 2 rings (SSSR count). The Morgan fingerprint density at radius 3 is 2.86 bits per heavy atom. The fraction of sp³-hybridized carbons (Fsp3) is 0.429. The van der Waals surface area contributed by atoms with Crippen molar-refractivity contribution >= 4 is 33.4 Å². The van der Waals surface area contributed by atoms with Crippen molar-refractivity contribution in [3.05, 3.63) is 27.6 Å². The van der Waals surface area contributed by atoms with Gasteiger partial charge >= 0.3 is 5.97 Å². The van der Waals surface area contributed by atoms with Gasteiger partial charge in [-0.2, -0.15) is 0 Å². The van der Waals surface area contributed by atoms with E-state index in [-0.39, 0.29) is 30.0 Å². The van der Waals surface area contributed by atoms with Crippen LogP contribution in [0.15, 0.2) is 16.5 Å². The number of hydrogen-bond acceptors (Lipinski definition) is 6. The topological polar surface area (TPSA) is 90.3 Å². The number of carbonyl (C=O) groups excluding carboxylic acids is 2. The predicted molar refractivity (Wildman–Crippen MR) is 83.1 cm³/mol. The molecule has 8 heteroatoms. The Balaban J connectivity index is 2.36. The fourth-order valence-electron chi connectivity index (χ4n) is 1.91. The molecular weight excluding hydrogens is 306 g/mol. The molecule has 1 N–H and O–H groups in total. The summed E-state index contributed by atoms with van der Waals surface area (Å²) in [5.74, 6) is -0.821. The van der Waals surface area contributed by atoms with Crippen LogP contribution in [-0.4, -0.2) is 34.6 Å². The normalized spacial score (nSPS) is 10.6. The van der Waals surface area contributed by atoms with E-state index < -0.39 is 11.5 Å². The molecule has 1 amide bonds. The Hall–Kier alpha value is -2.22. The van der Waals surface area contributed by atoms with E-state index in [2.05, 4.69) is 10.3 Å². The van der Waals surface area contributed by atoms with Gasteiger partial charge in [-0.05, 0) is 13.3 Å². The summed E-state index contributed by atoms with van der Waals surface area (Å²) >= 11 is 1.20. The molecule has 0 aliphatic carbocycles. The Kier molecular flexibility index (Phi) is 5.26. The maximum atomic E-state index is 12.5. The zero-order valence-corrected chi connectivity index (χ0v) is 13.2. The lowest BCUT2D eigenvalue weighted by atomic mass is 10.2. The molecule has 0 atom stereocenters. The molecule has 0 saturated heterocycles. The molecule has 7 nitrogen and oxygen atoms in total. The van der Waals surface area contributed by atoms with Gasteiger partial charge in [-0.15, -0.1) is 11.3 Å². The summed E-state index contributed by atoms with van der Waals surface area (Å²) in [7, 11) is 0. The zero-order chi connectivity index (χ0) is 16.1. The average Bonchev–Trinajstić information content (AvgIpc) is 2.93. The molecule has 118 valence electrons. The van der Waals surface area contributed by atoms with Crippen molar-refractivity contribution in [2.24, 2.45) is 0 Å². The van der Waals surface area contributed by atoms with Crippen LogP contribution >= 0.6 is 11.3 Å². The third kappa shape index (κ3) is 3.33. The van der Waals surface area contributed by atoms with Gasteiger partial charge in [-0.25, -0.2) is 9.78 Å². The van der Waals surface area contributed by atoms with Gasteiger partial charge < -0.3 is 10.1 Å². The lowest BCUT2D eigenvalue weighted by Gasteiger charge is -2.06.